The number of hydrogen-bond acceptors (Lipinski definition) is 4. The minimum atomic E-state index is -5.66. The predicted octanol–water partition coefficient (Wildman–Crippen LogP) is 3.47. The molecule has 0 aliphatic rings. The minimum absolute atomic E-state index is 0.176. The van der Waals surface area contributed by atoms with Crippen molar-refractivity contribution in [2.75, 3.05) is 5.32 Å². The molecule has 0 spiro atoms. The van der Waals surface area contributed by atoms with E-state index in [1.165, 1.54) is 0 Å². The van der Waals surface area contributed by atoms with E-state index in [2.05, 4.69) is 0 Å². The lowest BCUT2D eigenvalue weighted by atomic mass is 10.2. The number of carbonyl (C=O) groups is 1. The molecule has 1 amide bonds. The lowest BCUT2D eigenvalue weighted by Crippen LogP contribution is -2.27. The molecule has 0 fully saturated rings. The summed E-state index contributed by atoms with van der Waals surface area (Å²) >= 11 is 0. The molecule has 0 saturated carbocycles. The second-order valence-corrected chi connectivity index (χ2v) is 7.16. The van der Waals surface area contributed by atoms with Gasteiger partial charge in [-0.2, -0.15) is 13.2 Å². The fourth-order valence-corrected chi connectivity index (χ4v) is 2.08. The monoisotopic (exact) mass is 343 g/mol. The third kappa shape index (κ3) is 4.33. The molecule has 1 aromatic carbocycles. The SMILES string of the molecule is CC(C)(C)OC(=O)Nc1ccc(S(=O)(=O)C(F)(F)F)cc1F. The number of benzene rings is 1. The lowest BCUT2D eigenvalue weighted by molar-refractivity contribution is -0.0436. The van der Waals surface area contributed by atoms with Gasteiger partial charge in [0.25, 0.3) is 9.84 Å². The van der Waals surface area contributed by atoms with E-state index in [4.69, 9.17) is 4.74 Å². The molecule has 1 N–H and O–H groups in total. The van der Waals surface area contributed by atoms with E-state index in [-0.39, 0.29) is 6.07 Å². The van der Waals surface area contributed by atoms with Crippen molar-refractivity contribution < 1.29 is 35.5 Å². The summed E-state index contributed by atoms with van der Waals surface area (Å²) in [6, 6.07) is 1.42. The molecule has 0 atom stereocenters. The Morgan fingerprint density at radius 1 is 1.18 bits per heavy atom. The number of sulfone groups is 1. The van der Waals surface area contributed by atoms with Crippen LogP contribution in [0, 0.1) is 5.82 Å². The van der Waals surface area contributed by atoms with Gasteiger partial charge in [-0.1, -0.05) is 0 Å². The van der Waals surface area contributed by atoms with Gasteiger partial charge in [0.1, 0.15) is 11.4 Å². The molecule has 1 aromatic rings. The van der Waals surface area contributed by atoms with E-state index in [1.54, 1.807) is 20.8 Å². The molecule has 0 aliphatic heterocycles. The summed E-state index contributed by atoms with van der Waals surface area (Å²) in [6.45, 7) is 4.67. The first-order valence-electron chi connectivity index (χ1n) is 5.85. The van der Waals surface area contributed by atoms with Crippen LogP contribution in [0.5, 0.6) is 0 Å². The van der Waals surface area contributed by atoms with Crippen molar-refractivity contribution in [2.24, 2.45) is 0 Å². The number of carbonyl (C=O) groups excluding carboxylic acids is 1. The van der Waals surface area contributed by atoms with Crippen LogP contribution in [0.25, 0.3) is 0 Å². The fourth-order valence-electron chi connectivity index (χ4n) is 1.31. The Labute approximate surface area is 124 Å². The summed E-state index contributed by atoms with van der Waals surface area (Å²) in [7, 11) is -5.66. The van der Waals surface area contributed by atoms with Crippen molar-refractivity contribution in [3.05, 3.63) is 24.0 Å². The zero-order valence-corrected chi connectivity index (χ0v) is 12.6. The van der Waals surface area contributed by atoms with E-state index >= 15 is 0 Å². The maximum Gasteiger partial charge on any atom is 0.501 e. The van der Waals surface area contributed by atoms with Crippen LogP contribution in [0.2, 0.25) is 0 Å². The standard InChI is InChI=1S/C12H13F4NO4S/c1-11(2,3)21-10(18)17-9-5-4-7(6-8(9)13)22(19,20)12(14,15)16/h4-6H,1-3H3,(H,17,18). The van der Waals surface area contributed by atoms with Crippen molar-refractivity contribution in [1.82, 2.24) is 0 Å². The van der Waals surface area contributed by atoms with Crippen molar-refractivity contribution >= 4 is 21.6 Å². The summed E-state index contributed by atoms with van der Waals surface area (Å²) in [5.41, 5.74) is -6.91. The Hall–Kier alpha value is -1.84. The van der Waals surface area contributed by atoms with Crippen LogP contribution < -0.4 is 5.32 Å². The first-order chi connectivity index (χ1) is 9.74. The summed E-state index contributed by atoms with van der Waals surface area (Å²) in [6.07, 6.45) is -1.03. The van der Waals surface area contributed by atoms with Crippen molar-refractivity contribution in [3.8, 4) is 0 Å². The van der Waals surface area contributed by atoms with Gasteiger partial charge in [-0.05, 0) is 39.0 Å². The average Bonchev–Trinajstić information content (AvgIpc) is 2.27. The molecule has 0 radical (unpaired) electrons. The Kier molecular flexibility index (Phi) is 4.76. The summed E-state index contributed by atoms with van der Waals surface area (Å²) < 4.78 is 77.8. The highest BCUT2D eigenvalue weighted by Crippen LogP contribution is 2.31. The highest BCUT2D eigenvalue weighted by atomic mass is 32.2. The molecular formula is C12H13F4NO4S. The zero-order chi connectivity index (χ0) is 17.3. The number of nitrogens with one attached hydrogen (secondary N) is 1. The molecule has 10 heteroatoms. The number of alkyl halides is 3. The van der Waals surface area contributed by atoms with E-state index in [0.29, 0.717) is 12.1 Å². The van der Waals surface area contributed by atoms with Gasteiger partial charge in [0.05, 0.1) is 10.6 Å². The number of halogens is 4. The van der Waals surface area contributed by atoms with Crippen molar-refractivity contribution in [3.63, 3.8) is 0 Å². The van der Waals surface area contributed by atoms with Crippen LogP contribution in [-0.4, -0.2) is 25.6 Å². The Bertz CT molecular complexity index is 677. The fraction of sp³-hybridized carbons (Fsp3) is 0.417. The normalized spacial score (nSPS) is 12.9. The minimum Gasteiger partial charge on any atom is -0.444 e. The highest BCUT2D eigenvalue weighted by molar-refractivity contribution is 7.92. The molecule has 0 aliphatic carbocycles. The van der Waals surface area contributed by atoms with E-state index in [9.17, 15) is 30.8 Å². The number of ether oxygens (including phenoxy) is 1. The van der Waals surface area contributed by atoms with Crippen molar-refractivity contribution in [2.45, 2.75) is 36.8 Å². The molecule has 0 bridgehead atoms. The molecule has 0 heterocycles. The van der Waals surface area contributed by atoms with E-state index in [1.807, 2.05) is 5.32 Å². The molecule has 22 heavy (non-hydrogen) atoms. The molecule has 0 unspecified atom stereocenters. The number of anilines is 1. The van der Waals surface area contributed by atoms with E-state index in [0.717, 1.165) is 0 Å². The third-order valence-corrected chi connectivity index (χ3v) is 3.68. The zero-order valence-electron chi connectivity index (χ0n) is 11.8. The topological polar surface area (TPSA) is 72.5 Å². The van der Waals surface area contributed by atoms with Crippen LogP contribution in [0.1, 0.15) is 20.8 Å². The van der Waals surface area contributed by atoms with Gasteiger partial charge in [0.15, 0.2) is 0 Å². The predicted molar refractivity (Wildman–Crippen MR) is 69.5 cm³/mol. The molecule has 5 nitrogen and oxygen atoms in total. The van der Waals surface area contributed by atoms with Gasteiger partial charge in [0.2, 0.25) is 0 Å². The maximum absolute atomic E-state index is 13.7. The number of amides is 1. The van der Waals surface area contributed by atoms with Gasteiger partial charge in [-0.25, -0.2) is 17.6 Å². The summed E-state index contributed by atoms with van der Waals surface area (Å²) in [4.78, 5) is 10.2. The average molecular weight is 343 g/mol. The molecule has 0 saturated heterocycles. The number of hydrogen-bond donors (Lipinski definition) is 1. The van der Waals surface area contributed by atoms with Gasteiger partial charge < -0.3 is 4.74 Å². The Morgan fingerprint density at radius 3 is 2.14 bits per heavy atom. The van der Waals surface area contributed by atoms with Gasteiger partial charge in [-0.3, -0.25) is 5.32 Å². The van der Waals surface area contributed by atoms with Crippen LogP contribution >= 0.6 is 0 Å². The Morgan fingerprint density at radius 2 is 1.73 bits per heavy atom. The van der Waals surface area contributed by atoms with Crippen molar-refractivity contribution in [1.29, 1.82) is 0 Å². The highest BCUT2D eigenvalue weighted by Gasteiger charge is 2.47. The quantitative estimate of drug-likeness (QED) is 0.835. The van der Waals surface area contributed by atoms with Gasteiger partial charge in [-0.15, -0.1) is 0 Å². The first-order valence-corrected chi connectivity index (χ1v) is 7.33. The summed E-state index contributed by atoms with van der Waals surface area (Å²) in [5.74, 6) is -1.34. The van der Waals surface area contributed by atoms with Crippen LogP contribution in [0.15, 0.2) is 23.1 Å². The number of rotatable bonds is 2. The molecular weight excluding hydrogens is 330 g/mol. The van der Waals surface area contributed by atoms with E-state index < -0.39 is 43.4 Å². The molecule has 0 aromatic heterocycles. The molecule has 1 rings (SSSR count). The first kappa shape index (κ1) is 18.2. The third-order valence-electron chi connectivity index (χ3n) is 2.19. The smallest absolute Gasteiger partial charge is 0.444 e. The largest absolute Gasteiger partial charge is 0.501 e. The second-order valence-electron chi connectivity index (χ2n) is 5.22. The van der Waals surface area contributed by atoms with Crippen LogP contribution in [0.4, 0.5) is 28.0 Å². The van der Waals surface area contributed by atoms with Gasteiger partial charge >= 0.3 is 11.6 Å². The van der Waals surface area contributed by atoms with Gasteiger partial charge in [0, 0.05) is 0 Å². The second kappa shape index (κ2) is 5.75. The lowest BCUT2D eigenvalue weighted by Gasteiger charge is -2.20. The molecule has 124 valence electrons. The van der Waals surface area contributed by atoms with Crippen LogP contribution in [-0.2, 0) is 14.6 Å². The Balaban J connectivity index is 3.04. The van der Waals surface area contributed by atoms with Crippen LogP contribution in [0.3, 0.4) is 0 Å². The summed E-state index contributed by atoms with van der Waals surface area (Å²) in [5, 5.41) is 1.97. The maximum atomic E-state index is 13.7.